The summed E-state index contributed by atoms with van der Waals surface area (Å²) in [5.41, 5.74) is 6.66. The molecule has 0 bridgehead atoms. The van der Waals surface area contributed by atoms with Crippen molar-refractivity contribution in [3.05, 3.63) is 192 Å². The molecule has 31 heteroatoms. The van der Waals surface area contributed by atoms with Crippen LogP contribution in [0.25, 0.3) is 32.7 Å². The van der Waals surface area contributed by atoms with Crippen molar-refractivity contribution in [1.29, 1.82) is 0 Å². The number of ether oxygens (including phenoxy) is 5. The summed E-state index contributed by atoms with van der Waals surface area (Å²) >= 11 is 12.7. The maximum absolute atomic E-state index is 14.3. The van der Waals surface area contributed by atoms with Crippen LogP contribution in [-0.2, 0) is 34.4 Å². The van der Waals surface area contributed by atoms with Crippen LogP contribution in [-0.4, -0.2) is 205 Å². The SMILES string of the molecule is C=CCOC(=O)N1c2cc(OC[C@@H](O)CC(=O)N3C[C@@H](CCl)c4c3cc(O)c3ccccc43)c(OC)cc2C(=O)N2CC=C(c3ccc(S(=O)(=O)NC)cc3)C[C@H]2C1O.CNS(=O)(=O)c1ccc(C2=CCN3C(=O)c4cc(OC)c(OC[C@@H](O)CC(=O)N5C[C@@H](CCl)c6c5cc(O)c5ccccc65)cc4N=C[C@@H]3C2)cc1. The van der Waals surface area contributed by atoms with Gasteiger partial charge in [-0.3, -0.25) is 24.2 Å². The number of benzene rings is 8. The Balaban J connectivity index is 0.000000196. The standard InChI is InChI=1S/C42H43ClN4O11S.C38H37ClN4O8S/c1-4-15-57-42(53)47-32-20-37(58-23-27(48)17-38(50)46-22-26(21-43)39-30-8-6-5-7-29(30)35(49)19-33(39)46)36(56-3)18-31(32)40(51)45-14-13-25(16-34(45)41(47)52)24-9-11-28(12-10-24)59(54,55)44-2;1-40-52(48,49)27-9-7-22(8-10-27)23-11-12-42-25(13-23)19-41-31-16-35(34(50-2)15-30(31)38(42)47)51-21-26(44)14-36(46)43-20-24(18-39)37-29-6-4-3-5-28(29)33(45)17-32(37)43/h4-13,18-20,26-27,34,41,44,48-49,52H,1,14-17,21-23H2,2-3H3;3-11,15-17,19,24-26,40,44-45H,12-14,18,20-21H2,1-2H3/t26-,27+,34+,41?;24-,25+,26+/m11/s1. The summed E-state index contributed by atoms with van der Waals surface area (Å²) in [5, 5.41) is 58.4. The molecule has 0 aromatic heterocycles. The number of aliphatic imine (C=N–C) groups is 1. The van der Waals surface area contributed by atoms with Crippen LogP contribution in [0.15, 0.2) is 173 Å². The molecule has 8 aromatic carbocycles. The number of nitrogens with zero attached hydrogens (tertiary/aromatic N) is 6. The van der Waals surface area contributed by atoms with Crippen LogP contribution in [0.4, 0.5) is 27.5 Å². The molecule has 7 atom stereocenters. The number of carbonyl (C=O) groups excluding carboxylic acids is 5. The molecule has 14 rings (SSSR count). The number of aliphatic hydroxyl groups excluding tert-OH is 3. The Labute approximate surface area is 649 Å². The second-order valence-corrected chi connectivity index (χ2v) is 31.5. The summed E-state index contributed by atoms with van der Waals surface area (Å²) in [6, 6.07) is 35.2. The highest BCUT2D eigenvalue weighted by molar-refractivity contribution is 7.89. The number of carbonyl (C=O) groups is 5. The molecule has 0 spiro atoms. The lowest BCUT2D eigenvalue weighted by atomic mass is 9.93. The summed E-state index contributed by atoms with van der Waals surface area (Å²) < 4.78 is 82.0. The fourth-order valence-electron chi connectivity index (χ4n) is 15.0. The molecule has 111 heavy (non-hydrogen) atoms. The Bertz CT molecular complexity index is 5360. The molecule has 6 aliphatic rings. The molecule has 0 aliphatic carbocycles. The largest absolute Gasteiger partial charge is 0.507 e. The van der Waals surface area contributed by atoms with E-state index in [9.17, 15) is 66.3 Å². The van der Waals surface area contributed by atoms with Gasteiger partial charge in [-0.2, -0.15) is 0 Å². The second kappa shape index (κ2) is 32.8. The van der Waals surface area contributed by atoms with E-state index in [0.717, 1.165) is 37.9 Å². The third-order valence-electron chi connectivity index (χ3n) is 20.6. The number of fused-ring (bicyclic) bond motifs is 10. The maximum Gasteiger partial charge on any atom is 0.416 e. The van der Waals surface area contributed by atoms with Crippen molar-refractivity contribution >= 4 is 135 Å². The number of rotatable bonds is 22. The number of anilines is 3. The van der Waals surface area contributed by atoms with Gasteiger partial charge in [-0.1, -0.05) is 97.6 Å². The molecule has 8 aromatic rings. The number of hydrogen-bond acceptors (Lipinski definition) is 20. The fraction of sp³-hybridized carbons (Fsp3) is 0.300. The zero-order valence-electron chi connectivity index (χ0n) is 60.7. The van der Waals surface area contributed by atoms with Crippen molar-refractivity contribution in [2.45, 2.75) is 77.8 Å². The third kappa shape index (κ3) is 15.5. The van der Waals surface area contributed by atoms with Crippen LogP contribution < -0.4 is 43.1 Å². The summed E-state index contributed by atoms with van der Waals surface area (Å²) in [7, 11) is -1.77. The van der Waals surface area contributed by atoms with Gasteiger partial charge < -0.3 is 68.8 Å². The highest BCUT2D eigenvalue weighted by Crippen LogP contribution is 2.49. The van der Waals surface area contributed by atoms with E-state index in [1.54, 1.807) is 82.8 Å². The highest BCUT2D eigenvalue weighted by Gasteiger charge is 2.46. The molecule has 0 saturated heterocycles. The zero-order valence-corrected chi connectivity index (χ0v) is 63.8. The summed E-state index contributed by atoms with van der Waals surface area (Å²) in [4.78, 5) is 80.9. The minimum atomic E-state index is -3.68. The Morgan fingerprint density at radius 1 is 0.613 bits per heavy atom. The number of hydrogen-bond donors (Lipinski definition) is 7. The quantitative estimate of drug-likeness (QED) is 0.0245. The average molecular weight is 1590 g/mol. The first-order valence-electron chi connectivity index (χ1n) is 35.5. The minimum Gasteiger partial charge on any atom is -0.507 e. The number of aliphatic hydroxyl groups is 3. The van der Waals surface area contributed by atoms with Gasteiger partial charge in [0.15, 0.2) is 29.2 Å². The first-order valence-corrected chi connectivity index (χ1v) is 39.5. The molecular weight excluding hydrogens is 1510 g/mol. The normalized spacial score (nSPS) is 19.0. The molecular formula is C80H80Cl2N8O19S2. The van der Waals surface area contributed by atoms with Gasteiger partial charge in [-0.25, -0.2) is 36.0 Å². The number of methoxy groups -OCH3 is 2. The predicted molar refractivity (Wildman–Crippen MR) is 419 cm³/mol. The fourth-order valence-corrected chi connectivity index (χ4v) is 16.9. The number of halogens is 2. The van der Waals surface area contributed by atoms with Crippen LogP contribution in [0.1, 0.15) is 80.5 Å². The molecule has 0 radical (unpaired) electrons. The molecule has 1 unspecified atom stereocenters. The van der Waals surface area contributed by atoms with E-state index in [1.807, 2.05) is 48.5 Å². The monoisotopic (exact) mass is 1590 g/mol. The summed E-state index contributed by atoms with van der Waals surface area (Å²) in [6.07, 6.45) is 1.66. The lowest BCUT2D eigenvalue weighted by molar-refractivity contribution is -0.121. The van der Waals surface area contributed by atoms with E-state index in [0.29, 0.717) is 64.0 Å². The van der Waals surface area contributed by atoms with Crippen LogP contribution >= 0.6 is 23.2 Å². The molecule has 7 N–H and O–H groups in total. The maximum atomic E-state index is 14.3. The van der Waals surface area contributed by atoms with Crippen molar-refractivity contribution in [3.63, 3.8) is 0 Å². The third-order valence-corrected chi connectivity index (χ3v) is 24.2. The van der Waals surface area contributed by atoms with Gasteiger partial charge in [-0.15, -0.1) is 23.2 Å². The Kier molecular flexibility index (Phi) is 23.2. The van der Waals surface area contributed by atoms with Gasteiger partial charge >= 0.3 is 6.09 Å². The van der Waals surface area contributed by atoms with E-state index < -0.39 is 69.0 Å². The van der Waals surface area contributed by atoms with Crippen molar-refractivity contribution < 1.29 is 90.0 Å². The summed E-state index contributed by atoms with van der Waals surface area (Å²) in [5.74, 6) is -0.666. The lowest BCUT2D eigenvalue weighted by Crippen LogP contribution is -2.54. The van der Waals surface area contributed by atoms with Crippen LogP contribution in [0, 0.1) is 0 Å². The first-order chi connectivity index (χ1) is 53.3. The zero-order chi connectivity index (χ0) is 78.9. The van der Waals surface area contributed by atoms with Gasteiger partial charge in [0, 0.05) is 91.0 Å². The Morgan fingerprint density at radius 2 is 1.07 bits per heavy atom. The van der Waals surface area contributed by atoms with Crippen LogP contribution in [0.2, 0.25) is 0 Å². The average Bonchev–Trinajstić information content (AvgIpc) is 1.63. The molecule has 27 nitrogen and oxygen atoms in total. The van der Waals surface area contributed by atoms with Gasteiger partial charge in [-0.05, 0) is 108 Å². The Morgan fingerprint density at radius 3 is 1.55 bits per heavy atom. The topological polar surface area (TPSA) is 354 Å². The molecule has 0 fully saturated rings. The smallest absolute Gasteiger partial charge is 0.416 e. The second-order valence-electron chi connectivity index (χ2n) is 27.1. The van der Waals surface area contributed by atoms with Crippen molar-refractivity contribution in [2.24, 2.45) is 4.99 Å². The molecule has 5 amide bonds. The summed E-state index contributed by atoms with van der Waals surface area (Å²) in [6.45, 7) is 3.70. The van der Waals surface area contributed by atoms with Gasteiger partial charge in [0.1, 0.15) is 31.3 Å². The van der Waals surface area contributed by atoms with Crippen molar-refractivity contribution in [1.82, 2.24) is 19.2 Å². The van der Waals surface area contributed by atoms with E-state index in [1.165, 1.54) is 74.5 Å². The number of amides is 5. The van der Waals surface area contributed by atoms with Crippen LogP contribution in [0.5, 0.6) is 34.5 Å². The lowest BCUT2D eigenvalue weighted by Gasteiger charge is -2.38. The molecule has 6 aliphatic heterocycles. The van der Waals surface area contributed by atoms with E-state index in [4.69, 9.17) is 46.9 Å². The number of phenolic OH excluding ortho intramolecular Hbond substituents is 2. The highest BCUT2D eigenvalue weighted by atomic mass is 35.5. The number of nitrogens with one attached hydrogen (secondary N) is 2. The van der Waals surface area contributed by atoms with Gasteiger partial charge in [0.25, 0.3) is 11.8 Å². The van der Waals surface area contributed by atoms with Crippen LogP contribution in [0.3, 0.4) is 0 Å². The van der Waals surface area contributed by atoms with E-state index >= 15 is 0 Å². The number of sulfonamides is 2. The first kappa shape index (κ1) is 78.5. The Hall–Kier alpha value is -10.6. The number of alkyl halides is 2. The van der Waals surface area contributed by atoms with E-state index in [-0.39, 0.29) is 143 Å². The minimum absolute atomic E-state index is 0.000295. The predicted octanol–water partition coefficient (Wildman–Crippen LogP) is 9.70. The molecule has 0 saturated carbocycles. The molecule has 580 valence electrons. The van der Waals surface area contributed by atoms with Crippen molar-refractivity contribution in [2.75, 3.05) is 101 Å². The van der Waals surface area contributed by atoms with Gasteiger partial charge in [0.2, 0.25) is 31.9 Å². The van der Waals surface area contributed by atoms with E-state index in [2.05, 4.69) is 21.0 Å². The van der Waals surface area contributed by atoms with Crippen molar-refractivity contribution in [3.8, 4) is 34.5 Å². The number of phenols is 2. The van der Waals surface area contributed by atoms with Gasteiger partial charge in [0.05, 0.1) is 95.0 Å². The number of aromatic hydroxyl groups is 2. The molecule has 6 heterocycles.